The Labute approximate surface area is 109 Å². The van der Waals surface area contributed by atoms with Crippen LogP contribution in [0.15, 0.2) is 24.3 Å². The molecule has 3 nitrogen and oxygen atoms in total. The topological polar surface area (TPSA) is 55.1 Å². The Balaban J connectivity index is 0.00000256. The van der Waals surface area contributed by atoms with Crippen LogP contribution >= 0.6 is 12.4 Å². The van der Waals surface area contributed by atoms with Gasteiger partial charge in [0.25, 0.3) is 0 Å². The number of nitrogens with one attached hydrogen (secondary N) is 1. The van der Waals surface area contributed by atoms with Gasteiger partial charge in [-0.05, 0) is 23.6 Å². The normalized spacial score (nSPS) is 11.8. The summed E-state index contributed by atoms with van der Waals surface area (Å²) in [6.07, 6.45) is 0. The van der Waals surface area contributed by atoms with Crippen molar-refractivity contribution in [3.63, 3.8) is 0 Å². The second kappa shape index (κ2) is 7.30. The molecule has 0 bridgehead atoms. The second-order valence-corrected chi connectivity index (χ2v) is 4.40. The predicted molar refractivity (Wildman–Crippen MR) is 74.6 cm³/mol. The van der Waals surface area contributed by atoms with E-state index in [0.29, 0.717) is 12.5 Å². The van der Waals surface area contributed by atoms with Gasteiger partial charge in [-0.3, -0.25) is 4.79 Å². The number of hydrogen-bond acceptors (Lipinski definition) is 2. The zero-order chi connectivity index (χ0) is 12.1. The number of hydrogen-bond donors (Lipinski definition) is 2. The van der Waals surface area contributed by atoms with E-state index >= 15 is 0 Å². The molecule has 96 valence electrons. The fraction of sp³-hybridized carbons (Fsp3) is 0.462. The average Bonchev–Trinajstić information content (AvgIpc) is 2.28. The second-order valence-electron chi connectivity index (χ2n) is 4.40. The maximum absolute atomic E-state index is 11.6. The van der Waals surface area contributed by atoms with Crippen molar-refractivity contribution in [1.29, 1.82) is 0 Å². The monoisotopic (exact) mass is 256 g/mol. The minimum atomic E-state index is -0.148. The summed E-state index contributed by atoms with van der Waals surface area (Å²) < 4.78 is 0. The first-order valence-corrected chi connectivity index (χ1v) is 5.65. The molecular weight excluding hydrogens is 236 g/mol. The molecule has 0 saturated heterocycles. The largest absolute Gasteiger partial charge is 0.330 e. The van der Waals surface area contributed by atoms with E-state index in [1.165, 1.54) is 5.56 Å². The highest BCUT2D eigenvalue weighted by atomic mass is 35.5. The minimum Gasteiger partial charge on any atom is -0.330 e. The molecule has 1 atom stereocenters. The zero-order valence-corrected chi connectivity index (χ0v) is 11.4. The van der Waals surface area contributed by atoms with Crippen LogP contribution in [-0.4, -0.2) is 12.5 Å². The lowest BCUT2D eigenvalue weighted by Crippen LogP contribution is -2.26. The minimum absolute atomic E-state index is 0. The van der Waals surface area contributed by atoms with Gasteiger partial charge in [-0.25, -0.2) is 0 Å². The van der Waals surface area contributed by atoms with E-state index in [2.05, 4.69) is 19.2 Å². The van der Waals surface area contributed by atoms with Crippen LogP contribution in [0.4, 0.5) is 5.69 Å². The van der Waals surface area contributed by atoms with Crippen LogP contribution < -0.4 is 11.1 Å². The van der Waals surface area contributed by atoms with E-state index in [1.807, 2.05) is 31.2 Å². The Morgan fingerprint density at radius 1 is 1.24 bits per heavy atom. The summed E-state index contributed by atoms with van der Waals surface area (Å²) in [5.74, 6) is 0.331. The standard InChI is InChI=1S/C13H20N2O.ClH/c1-9(2)11-4-6-12(7-5-11)15-13(16)10(3)8-14;/h4-7,9-10H,8,14H2,1-3H3,(H,15,16);1H. The summed E-state index contributed by atoms with van der Waals surface area (Å²) >= 11 is 0. The maximum Gasteiger partial charge on any atom is 0.228 e. The first-order valence-electron chi connectivity index (χ1n) is 5.65. The van der Waals surface area contributed by atoms with E-state index in [0.717, 1.165) is 5.69 Å². The quantitative estimate of drug-likeness (QED) is 0.870. The fourth-order valence-corrected chi connectivity index (χ4v) is 1.32. The van der Waals surface area contributed by atoms with Crippen molar-refractivity contribution < 1.29 is 4.79 Å². The molecule has 0 aliphatic heterocycles. The molecule has 1 aromatic carbocycles. The van der Waals surface area contributed by atoms with Crippen molar-refractivity contribution in [2.45, 2.75) is 26.7 Å². The van der Waals surface area contributed by atoms with Crippen LogP contribution in [0, 0.1) is 5.92 Å². The van der Waals surface area contributed by atoms with Crippen molar-refractivity contribution in [3.8, 4) is 0 Å². The molecule has 17 heavy (non-hydrogen) atoms. The number of amides is 1. The van der Waals surface area contributed by atoms with Crippen LogP contribution in [0.5, 0.6) is 0 Å². The Bertz CT molecular complexity index is 349. The Kier molecular flexibility index (Phi) is 6.85. The molecular formula is C13H21ClN2O. The molecule has 1 aromatic rings. The maximum atomic E-state index is 11.6. The number of carbonyl (C=O) groups is 1. The van der Waals surface area contributed by atoms with Gasteiger partial charge in [-0.15, -0.1) is 12.4 Å². The molecule has 3 N–H and O–H groups in total. The fourth-order valence-electron chi connectivity index (χ4n) is 1.32. The lowest BCUT2D eigenvalue weighted by molar-refractivity contribution is -0.119. The van der Waals surface area contributed by atoms with Gasteiger partial charge in [0.15, 0.2) is 0 Å². The third-order valence-electron chi connectivity index (χ3n) is 2.65. The molecule has 0 radical (unpaired) electrons. The summed E-state index contributed by atoms with van der Waals surface area (Å²) in [4.78, 5) is 11.6. The highest BCUT2D eigenvalue weighted by molar-refractivity contribution is 5.92. The summed E-state index contributed by atoms with van der Waals surface area (Å²) in [6, 6.07) is 7.92. The SMILES string of the molecule is CC(CN)C(=O)Nc1ccc(C(C)C)cc1.Cl. The Morgan fingerprint density at radius 2 is 1.76 bits per heavy atom. The number of benzene rings is 1. The summed E-state index contributed by atoms with van der Waals surface area (Å²) in [6.45, 7) is 6.47. The van der Waals surface area contributed by atoms with Crippen molar-refractivity contribution in [3.05, 3.63) is 29.8 Å². The summed E-state index contributed by atoms with van der Waals surface area (Å²) in [5, 5.41) is 2.84. The molecule has 0 heterocycles. The van der Waals surface area contributed by atoms with Gasteiger partial charge in [0.05, 0.1) is 0 Å². The van der Waals surface area contributed by atoms with Gasteiger partial charge in [0.1, 0.15) is 0 Å². The van der Waals surface area contributed by atoms with Crippen LogP contribution in [-0.2, 0) is 4.79 Å². The average molecular weight is 257 g/mol. The van der Waals surface area contributed by atoms with Crippen LogP contribution in [0.1, 0.15) is 32.3 Å². The van der Waals surface area contributed by atoms with E-state index < -0.39 is 0 Å². The number of anilines is 1. The van der Waals surface area contributed by atoms with Gasteiger partial charge in [-0.1, -0.05) is 32.9 Å². The van der Waals surface area contributed by atoms with Gasteiger partial charge in [-0.2, -0.15) is 0 Å². The molecule has 0 saturated carbocycles. The van der Waals surface area contributed by atoms with Crippen molar-refractivity contribution in [2.24, 2.45) is 11.7 Å². The van der Waals surface area contributed by atoms with Crippen molar-refractivity contribution in [2.75, 3.05) is 11.9 Å². The molecule has 0 fully saturated rings. The molecule has 1 rings (SSSR count). The first kappa shape index (κ1) is 15.9. The van der Waals surface area contributed by atoms with Gasteiger partial charge < -0.3 is 11.1 Å². The smallest absolute Gasteiger partial charge is 0.228 e. The molecule has 1 amide bonds. The van der Waals surface area contributed by atoms with Gasteiger partial charge >= 0.3 is 0 Å². The Morgan fingerprint density at radius 3 is 2.18 bits per heavy atom. The zero-order valence-electron chi connectivity index (χ0n) is 10.6. The molecule has 1 unspecified atom stereocenters. The number of halogens is 1. The predicted octanol–water partition coefficient (Wildman–Crippen LogP) is 2.77. The van der Waals surface area contributed by atoms with Crippen LogP contribution in [0.3, 0.4) is 0 Å². The molecule has 4 heteroatoms. The molecule has 0 aromatic heterocycles. The van der Waals surface area contributed by atoms with E-state index in [4.69, 9.17) is 5.73 Å². The number of rotatable bonds is 4. The lowest BCUT2D eigenvalue weighted by atomic mass is 10.0. The van der Waals surface area contributed by atoms with E-state index in [1.54, 1.807) is 0 Å². The van der Waals surface area contributed by atoms with Crippen LogP contribution in [0.25, 0.3) is 0 Å². The summed E-state index contributed by atoms with van der Waals surface area (Å²) in [7, 11) is 0. The molecule has 0 aliphatic carbocycles. The molecule has 0 aliphatic rings. The Hall–Kier alpha value is -1.06. The highest BCUT2D eigenvalue weighted by Gasteiger charge is 2.10. The number of nitrogens with two attached hydrogens (primary N) is 1. The van der Waals surface area contributed by atoms with Gasteiger partial charge in [0, 0.05) is 18.2 Å². The number of carbonyl (C=O) groups excluding carboxylic acids is 1. The highest BCUT2D eigenvalue weighted by Crippen LogP contribution is 2.17. The lowest BCUT2D eigenvalue weighted by Gasteiger charge is -2.11. The van der Waals surface area contributed by atoms with Crippen LogP contribution in [0.2, 0.25) is 0 Å². The van der Waals surface area contributed by atoms with E-state index in [-0.39, 0.29) is 24.2 Å². The summed E-state index contributed by atoms with van der Waals surface area (Å²) in [5.41, 5.74) is 7.53. The van der Waals surface area contributed by atoms with Gasteiger partial charge in [0.2, 0.25) is 5.91 Å². The third kappa shape index (κ3) is 4.75. The molecule has 0 spiro atoms. The van der Waals surface area contributed by atoms with Crippen molar-refractivity contribution >= 4 is 24.0 Å². The van der Waals surface area contributed by atoms with Crippen molar-refractivity contribution in [1.82, 2.24) is 0 Å². The van der Waals surface area contributed by atoms with E-state index in [9.17, 15) is 4.79 Å². The third-order valence-corrected chi connectivity index (χ3v) is 2.65. The first-order chi connectivity index (χ1) is 7.54.